The second kappa shape index (κ2) is 7.12. The number of hydrogen-bond acceptors (Lipinski definition) is 6. The molecular weight excluding hydrogens is 334 g/mol. The van der Waals surface area contributed by atoms with E-state index in [0.29, 0.717) is 17.1 Å². The van der Waals surface area contributed by atoms with E-state index in [1.54, 1.807) is 18.2 Å². The Morgan fingerprint density at radius 1 is 1.22 bits per heavy atom. The number of benzene rings is 1. The average molecular weight is 345 g/mol. The second-order valence-corrected chi connectivity index (χ2v) is 5.95. The first-order chi connectivity index (χ1) is 11.2. The predicted octanol–water partition coefficient (Wildman–Crippen LogP) is 3.67. The monoisotopic (exact) mass is 345 g/mol. The molecule has 0 atom stereocenters. The Labute approximate surface area is 139 Å². The van der Waals surface area contributed by atoms with Crippen LogP contribution in [0.5, 0.6) is 0 Å². The molecule has 0 spiro atoms. The van der Waals surface area contributed by atoms with Crippen molar-refractivity contribution in [3.8, 4) is 0 Å². The predicted molar refractivity (Wildman–Crippen MR) is 90.9 cm³/mol. The fourth-order valence-corrected chi connectivity index (χ4v) is 2.98. The summed E-state index contributed by atoms with van der Waals surface area (Å²) in [6.45, 7) is -0.360. The van der Waals surface area contributed by atoms with Gasteiger partial charge in [-0.05, 0) is 29.7 Å². The van der Waals surface area contributed by atoms with Gasteiger partial charge < -0.3 is 10.1 Å². The molecule has 1 amide bonds. The molecule has 0 saturated heterocycles. The van der Waals surface area contributed by atoms with Crippen LogP contribution in [0.3, 0.4) is 0 Å². The zero-order valence-corrected chi connectivity index (χ0v) is 13.4. The number of hydrogen-bond donors (Lipinski definition) is 1. The molecule has 116 valence electrons. The number of nitrogens with zero attached hydrogens (tertiary/aromatic N) is 2. The van der Waals surface area contributed by atoms with E-state index in [9.17, 15) is 9.59 Å². The van der Waals surface area contributed by atoms with Crippen LogP contribution in [0.4, 0.5) is 17.1 Å². The number of rotatable bonds is 5. The molecule has 0 radical (unpaired) electrons. The Hall–Kier alpha value is -2.58. The van der Waals surface area contributed by atoms with E-state index in [2.05, 4.69) is 14.0 Å². The first kappa shape index (κ1) is 15.3. The van der Waals surface area contributed by atoms with Gasteiger partial charge in [-0.3, -0.25) is 4.79 Å². The van der Waals surface area contributed by atoms with Gasteiger partial charge in [0.15, 0.2) is 6.61 Å². The molecule has 1 N–H and O–H groups in total. The Morgan fingerprint density at radius 2 is 2.13 bits per heavy atom. The van der Waals surface area contributed by atoms with Gasteiger partial charge in [0.2, 0.25) is 0 Å². The van der Waals surface area contributed by atoms with E-state index >= 15 is 0 Å². The third-order valence-corrected chi connectivity index (χ3v) is 4.21. The summed E-state index contributed by atoms with van der Waals surface area (Å²) in [5.41, 5.74) is 1.88. The normalized spacial score (nSPS) is 12.0. The lowest BCUT2D eigenvalue weighted by Crippen LogP contribution is -2.20. The lowest BCUT2D eigenvalue weighted by atomic mass is 10.2. The highest BCUT2D eigenvalue weighted by Gasteiger charge is 2.13. The molecule has 1 aromatic heterocycles. The van der Waals surface area contributed by atoms with Gasteiger partial charge in [0.1, 0.15) is 11.4 Å². The van der Waals surface area contributed by atoms with Crippen LogP contribution in [0.2, 0.25) is 0 Å². The first-order valence-corrected chi connectivity index (χ1v) is 8.23. The van der Waals surface area contributed by atoms with E-state index < -0.39 is 11.9 Å². The summed E-state index contributed by atoms with van der Waals surface area (Å²) in [5, 5.41) is 4.57. The van der Waals surface area contributed by atoms with Gasteiger partial charge in [0.05, 0.1) is 17.0 Å². The van der Waals surface area contributed by atoms with Crippen molar-refractivity contribution in [3.63, 3.8) is 0 Å². The smallest absolute Gasteiger partial charge is 0.331 e. The third-order valence-electron chi connectivity index (χ3n) is 2.83. The largest absolute Gasteiger partial charge is 0.452 e. The number of thiophene rings is 1. The SMILES string of the molecule is O=C(COC(=O)/C=C/c1cccs1)Nc1cccc2c1N=S=N2. The molecule has 2 aromatic rings. The van der Waals surface area contributed by atoms with Crippen molar-refractivity contribution >= 4 is 57.7 Å². The highest BCUT2D eigenvalue weighted by molar-refractivity contribution is 7.58. The van der Waals surface area contributed by atoms with Gasteiger partial charge in [0.25, 0.3) is 5.91 Å². The molecule has 1 aliphatic heterocycles. The van der Waals surface area contributed by atoms with Crippen LogP contribution < -0.4 is 5.32 Å². The maximum atomic E-state index is 11.9. The number of ether oxygens (including phenoxy) is 1. The van der Waals surface area contributed by atoms with Gasteiger partial charge in [-0.1, -0.05) is 12.1 Å². The molecule has 8 heteroatoms. The van der Waals surface area contributed by atoms with Crippen LogP contribution in [0.15, 0.2) is 50.5 Å². The fourth-order valence-electron chi connectivity index (χ4n) is 1.81. The zero-order chi connectivity index (χ0) is 16.1. The average Bonchev–Trinajstić information content (AvgIpc) is 3.22. The zero-order valence-electron chi connectivity index (χ0n) is 11.8. The van der Waals surface area contributed by atoms with Crippen molar-refractivity contribution in [2.75, 3.05) is 11.9 Å². The standard InChI is InChI=1S/C15H11N3O3S2/c19-13(9-21-14(20)7-6-10-3-2-8-22-10)16-11-4-1-5-12-15(11)18-23-17-12/h1-8H,9H2,(H,16,19)/b7-6+. The quantitative estimate of drug-likeness (QED) is 0.566. The van der Waals surface area contributed by atoms with Crippen molar-refractivity contribution in [3.05, 3.63) is 46.7 Å². The minimum atomic E-state index is -0.568. The molecule has 6 nitrogen and oxygen atoms in total. The van der Waals surface area contributed by atoms with Gasteiger partial charge in [-0.2, -0.15) is 8.73 Å². The van der Waals surface area contributed by atoms with Crippen LogP contribution in [-0.2, 0) is 25.7 Å². The van der Waals surface area contributed by atoms with Gasteiger partial charge in [-0.15, -0.1) is 11.3 Å². The molecule has 2 heterocycles. The Bertz CT molecular complexity index is 838. The summed E-state index contributed by atoms with van der Waals surface area (Å²) in [6.07, 6.45) is 2.94. The molecule has 3 rings (SSSR count). The lowest BCUT2D eigenvalue weighted by molar-refractivity contribution is -0.142. The van der Waals surface area contributed by atoms with Crippen molar-refractivity contribution in [1.29, 1.82) is 0 Å². The summed E-state index contributed by atoms with van der Waals surface area (Å²) < 4.78 is 13.1. The van der Waals surface area contributed by atoms with Crippen molar-refractivity contribution < 1.29 is 14.3 Å². The van der Waals surface area contributed by atoms with E-state index in [0.717, 1.165) is 16.2 Å². The highest BCUT2D eigenvalue weighted by Crippen LogP contribution is 2.38. The summed E-state index contributed by atoms with van der Waals surface area (Å²) in [7, 11) is 0. The number of amides is 1. The van der Waals surface area contributed by atoms with Crippen molar-refractivity contribution in [1.82, 2.24) is 0 Å². The third kappa shape index (κ3) is 3.99. The van der Waals surface area contributed by atoms with Crippen LogP contribution in [0.25, 0.3) is 6.08 Å². The minimum Gasteiger partial charge on any atom is -0.452 e. The van der Waals surface area contributed by atoms with Gasteiger partial charge in [0, 0.05) is 11.0 Å². The van der Waals surface area contributed by atoms with E-state index in [1.165, 1.54) is 17.4 Å². The van der Waals surface area contributed by atoms with Crippen LogP contribution in [-0.4, -0.2) is 18.5 Å². The van der Waals surface area contributed by atoms with E-state index in [4.69, 9.17) is 4.74 Å². The first-order valence-electron chi connectivity index (χ1n) is 6.62. The number of esters is 1. The Balaban J connectivity index is 1.51. The maximum Gasteiger partial charge on any atom is 0.331 e. The van der Waals surface area contributed by atoms with Gasteiger partial charge in [-0.25, -0.2) is 4.79 Å². The summed E-state index contributed by atoms with van der Waals surface area (Å²) in [6, 6.07) is 9.07. The fraction of sp³-hybridized carbons (Fsp3) is 0.0667. The molecule has 0 aliphatic carbocycles. The number of anilines is 1. The minimum absolute atomic E-state index is 0.360. The number of nitrogens with one attached hydrogen (secondary N) is 1. The molecular formula is C15H11N3O3S2. The molecule has 1 aromatic carbocycles. The number of carbonyl (C=O) groups excluding carboxylic acids is 2. The summed E-state index contributed by atoms with van der Waals surface area (Å²) >= 11 is 2.58. The summed E-state index contributed by atoms with van der Waals surface area (Å²) in [5.74, 6) is -0.995. The molecule has 23 heavy (non-hydrogen) atoms. The Kier molecular flexibility index (Phi) is 4.74. The van der Waals surface area contributed by atoms with E-state index in [1.807, 2.05) is 23.6 Å². The number of carbonyl (C=O) groups is 2. The molecule has 0 saturated carbocycles. The van der Waals surface area contributed by atoms with Crippen LogP contribution in [0, 0.1) is 0 Å². The molecule has 1 aliphatic rings. The molecule has 0 fully saturated rings. The van der Waals surface area contributed by atoms with Crippen LogP contribution in [0.1, 0.15) is 4.88 Å². The van der Waals surface area contributed by atoms with Crippen molar-refractivity contribution in [2.24, 2.45) is 8.73 Å². The molecule has 0 bridgehead atoms. The summed E-state index contributed by atoms with van der Waals surface area (Å²) in [4.78, 5) is 24.4. The molecule has 0 unspecified atom stereocenters. The topological polar surface area (TPSA) is 80.1 Å². The van der Waals surface area contributed by atoms with Crippen LogP contribution >= 0.6 is 11.3 Å². The Morgan fingerprint density at radius 3 is 2.96 bits per heavy atom. The van der Waals surface area contributed by atoms with E-state index in [-0.39, 0.29) is 6.61 Å². The maximum absolute atomic E-state index is 11.9. The second-order valence-electron chi connectivity index (χ2n) is 4.44. The van der Waals surface area contributed by atoms with Crippen molar-refractivity contribution in [2.45, 2.75) is 0 Å². The number of fused-ring (bicyclic) bond motifs is 1. The highest BCUT2D eigenvalue weighted by atomic mass is 32.1. The van der Waals surface area contributed by atoms with Gasteiger partial charge >= 0.3 is 5.97 Å². The lowest BCUT2D eigenvalue weighted by Gasteiger charge is -2.07.